The number of carbonyl (C=O) groups is 1. The first-order chi connectivity index (χ1) is 10.7. The van der Waals surface area contributed by atoms with E-state index in [9.17, 15) is 4.79 Å². The number of carbonyl (C=O) groups excluding carboxylic acids is 1. The van der Waals surface area contributed by atoms with E-state index < -0.39 is 6.29 Å². The molecular weight excluding hydrogens is 286 g/mol. The van der Waals surface area contributed by atoms with Gasteiger partial charge in [0.25, 0.3) is 5.91 Å². The lowest BCUT2D eigenvalue weighted by Gasteiger charge is -2.37. The summed E-state index contributed by atoms with van der Waals surface area (Å²) in [6.07, 6.45) is 3.01. The van der Waals surface area contributed by atoms with E-state index in [1.807, 2.05) is 13.0 Å². The number of allylic oxidation sites excluding steroid dienone is 1. The quantitative estimate of drug-likeness (QED) is 0.796. The maximum Gasteiger partial charge on any atom is 0.288 e. The van der Waals surface area contributed by atoms with Gasteiger partial charge in [0.2, 0.25) is 6.29 Å². The van der Waals surface area contributed by atoms with E-state index in [2.05, 4.69) is 6.92 Å². The molecule has 2 aliphatic rings. The molecule has 0 bridgehead atoms. The van der Waals surface area contributed by atoms with Gasteiger partial charge in [-0.1, -0.05) is 6.92 Å². The number of aliphatic hydroxyl groups is 1. The largest absolute Gasteiger partial charge is 0.459 e. The van der Waals surface area contributed by atoms with Crippen molar-refractivity contribution >= 4 is 5.91 Å². The highest BCUT2D eigenvalue weighted by Gasteiger charge is 2.36. The van der Waals surface area contributed by atoms with Gasteiger partial charge in [0.05, 0.1) is 13.2 Å². The Morgan fingerprint density at radius 3 is 2.82 bits per heavy atom. The smallest absolute Gasteiger partial charge is 0.288 e. The molecule has 1 amide bonds. The van der Waals surface area contributed by atoms with Gasteiger partial charge in [0.1, 0.15) is 0 Å². The number of hydrogen-bond acceptors (Lipinski definition) is 5. The monoisotopic (exact) mass is 313 g/mol. The fraction of sp³-hybridized carbons (Fsp3) is 0.812. The molecule has 126 valence electrons. The molecule has 6 nitrogen and oxygen atoms in total. The molecule has 2 rings (SSSR count). The van der Waals surface area contributed by atoms with Crippen LogP contribution in [0.5, 0.6) is 0 Å². The van der Waals surface area contributed by atoms with Gasteiger partial charge in [0, 0.05) is 32.2 Å². The fourth-order valence-corrected chi connectivity index (χ4v) is 2.95. The van der Waals surface area contributed by atoms with E-state index in [-0.39, 0.29) is 24.3 Å². The van der Waals surface area contributed by atoms with Crippen LogP contribution in [0.2, 0.25) is 0 Å². The molecule has 22 heavy (non-hydrogen) atoms. The Morgan fingerprint density at radius 1 is 1.45 bits per heavy atom. The molecule has 2 aliphatic heterocycles. The first-order valence-corrected chi connectivity index (χ1v) is 8.15. The van der Waals surface area contributed by atoms with Crippen LogP contribution in [-0.2, 0) is 19.0 Å². The van der Waals surface area contributed by atoms with Gasteiger partial charge in [-0.2, -0.15) is 0 Å². The van der Waals surface area contributed by atoms with E-state index in [1.54, 1.807) is 4.90 Å². The summed E-state index contributed by atoms with van der Waals surface area (Å²) in [4.78, 5) is 14.3. The highest BCUT2D eigenvalue weighted by molar-refractivity contribution is 5.91. The molecule has 0 radical (unpaired) electrons. The Morgan fingerprint density at radius 2 is 2.18 bits per heavy atom. The molecule has 1 saturated heterocycles. The Labute approximate surface area is 132 Å². The fourth-order valence-electron chi connectivity index (χ4n) is 2.95. The summed E-state index contributed by atoms with van der Waals surface area (Å²) in [5.74, 6) is 0.638. The lowest BCUT2D eigenvalue weighted by molar-refractivity contribution is -0.175. The van der Waals surface area contributed by atoms with Crippen LogP contribution >= 0.6 is 0 Å². The van der Waals surface area contributed by atoms with Crippen LogP contribution in [0.15, 0.2) is 11.8 Å². The Balaban J connectivity index is 2.06. The van der Waals surface area contributed by atoms with Crippen LogP contribution in [0.25, 0.3) is 0 Å². The minimum absolute atomic E-state index is 0.0829. The number of rotatable bonds is 6. The molecule has 0 aromatic rings. The van der Waals surface area contributed by atoms with Crippen LogP contribution in [0.3, 0.4) is 0 Å². The Hall–Kier alpha value is -1.11. The highest BCUT2D eigenvalue weighted by atomic mass is 16.7. The number of hydrogen-bond donors (Lipinski definition) is 1. The first-order valence-electron chi connectivity index (χ1n) is 8.15. The van der Waals surface area contributed by atoms with Gasteiger partial charge in [-0.25, -0.2) is 0 Å². The second-order valence-corrected chi connectivity index (χ2v) is 5.77. The van der Waals surface area contributed by atoms with E-state index in [1.165, 1.54) is 0 Å². The maximum atomic E-state index is 12.6. The zero-order valence-electron chi connectivity index (χ0n) is 13.5. The van der Waals surface area contributed by atoms with Crippen molar-refractivity contribution in [2.75, 3.05) is 39.5 Å². The molecule has 0 unspecified atom stereocenters. The lowest BCUT2D eigenvalue weighted by atomic mass is 9.86. The predicted octanol–water partition coefficient (Wildman–Crippen LogP) is 1.15. The second kappa shape index (κ2) is 8.50. The molecule has 0 saturated carbocycles. The molecule has 6 heteroatoms. The van der Waals surface area contributed by atoms with Crippen LogP contribution in [0.1, 0.15) is 26.7 Å². The Kier molecular flexibility index (Phi) is 6.67. The van der Waals surface area contributed by atoms with Gasteiger partial charge in [-0.3, -0.25) is 4.79 Å². The van der Waals surface area contributed by atoms with Gasteiger partial charge < -0.3 is 24.2 Å². The number of nitrogens with zero attached hydrogens (tertiary/aromatic N) is 1. The molecular formula is C16H27NO5. The minimum atomic E-state index is -0.420. The molecule has 1 N–H and O–H groups in total. The summed E-state index contributed by atoms with van der Waals surface area (Å²) >= 11 is 0. The van der Waals surface area contributed by atoms with E-state index >= 15 is 0 Å². The zero-order chi connectivity index (χ0) is 15.9. The normalized spacial score (nSPS) is 29.0. The van der Waals surface area contributed by atoms with Crippen molar-refractivity contribution in [2.24, 2.45) is 11.8 Å². The molecule has 0 aliphatic carbocycles. The summed E-state index contributed by atoms with van der Waals surface area (Å²) < 4.78 is 16.8. The first kappa shape index (κ1) is 17.2. The minimum Gasteiger partial charge on any atom is -0.459 e. The molecule has 0 aromatic carbocycles. The van der Waals surface area contributed by atoms with Crippen LogP contribution in [0, 0.1) is 11.8 Å². The Bertz CT molecular complexity index is 392. The van der Waals surface area contributed by atoms with Crippen molar-refractivity contribution in [3.05, 3.63) is 11.8 Å². The summed E-state index contributed by atoms with van der Waals surface area (Å²) in [6, 6.07) is 0. The second-order valence-electron chi connectivity index (χ2n) is 5.77. The van der Waals surface area contributed by atoms with E-state index in [0.29, 0.717) is 45.1 Å². The topological polar surface area (TPSA) is 68.2 Å². The van der Waals surface area contributed by atoms with Crippen molar-refractivity contribution in [2.45, 2.75) is 33.0 Å². The lowest BCUT2D eigenvalue weighted by Crippen LogP contribution is -2.44. The van der Waals surface area contributed by atoms with E-state index in [4.69, 9.17) is 19.3 Å². The van der Waals surface area contributed by atoms with Crippen molar-refractivity contribution < 1.29 is 24.1 Å². The van der Waals surface area contributed by atoms with Crippen molar-refractivity contribution in [1.29, 1.82) is 0 Å². The van der Waals surface area contributed by atoms with Gasteiger partial charge in [0.15, 0.2) is 5.76 Å². The van der Waals surface area contributed by atoms with Crippen LogP contribution < -0.4 is 0 Å². The number of amides is 1. The summed E-state index contributed by atoms with van der Waals surface area (Å²) in [5.41, 5.74) is 0. The maximum absolute atomic E-state index is 12.6. The SMILES string of the molecule is CCO[C@H]1OC(C(=O)N2CCOCC2)=C[C@@H](C)[C@H]1CCCO. The van der Waals surface area contributed by atoms with Gasteiger partial charge >= 0.3 is 0 Å². The standard InChI is InChI=1S/C16H27NO5/c1-3-21-16-13(5-4-8-18)12(2)11-14(22-16)15(19)17-6-9-20-10-7-17/h11-13,16,18H,3-10H2,1-2H3/t12-,13-,16+/m1/s1. The third-order valence-corrected chi connectivity index (χ3v) is 4.22. The van der Waals surface area contributed by atoms with Crippen molar-refractivity contribution in [3.8, 4) is 0 Å². The summed E-state index contributed by atoms with van der Waals surface area (Å²) in [5, 5.41) is 9.04. The number of ether oxygens (including phenoxy) is 3. The van der Waals surface area contributed by atoms with Crippen LogP contribution in [0.4, 0.5) is 0 Å². The molecule has 0 aromatic heterocycles. The summed E-state index contributed by atoms with van der Waals surface area (Å²) in [6.45, 7) is 7.02. The third-order valence-electron chi connectivity index (χ3n) is 4.22. The van der Waals surface area contributed by atoms with Crippen LogP contribution in [-0.4, -0.2) is 61.7 Å². The summed E-state index contributed by atoms with van der Waals surface area (Å²) in [7, 11) is 0. The average Bonchev–Trinajstić information content (AvgIpc) is 2.54. The highest BCUT2D eigenvalue weighted by Crippen LogP contribution is 2.33. The third kappa shape index (κ3) is 4.21. The number of aliphatic hydroxyl groups excluding tert-OH is 1. The van der Waals surface area contributed by atoms with Crippen molar-refractivity contribution in [1.82, 2.24) is 4.90 Å². The molecule has 1 fully saturated rings. The zero-order valence-corrected chi connectivity index (χ0v) is 13.5. The van der Waals surface area contributed by atoms with E-state index in [0.717, 1.165) is 6.42 Å². The van der Waals surface area contributed by atoms with Gasteiger partial charge in [-0.15, -0.1) is 0 Å². The predicted molar refractivity (Wildman–Crippen MR) is 81.0 cm³/mol. The van der Waals surface area contributed by atoms with Crippen molar-refractivity contribution in [3.63, 3.8) is 0 Å². The number of morpholine rings is 1. The van der Waals surface area contributed by atoms with Gasteiger partial charge in [-0.05, 0) is 31.8 Å². The molecule has 3 atom stereocenters. The molecule has 0 spiro atoms. The average molecular weight is 313 g/mol. The molecule has 2 heterocycles.